The first-order valence-corrected chi connectivity index (χ1v) is 8.93. The van der Waals surface area contributed by atoms with Crippen LogP contribution in [-0.2, 0) is 4.74 Å². The maximum Gasteiger partial charge on any atom is 0.339 e. The zero-order chi connectivity index (χ0) is 19.5. The molecule has 0 bridgehead atoms. The van der Waals surface area contributed by atoms with E-state index < -0.39 is 5.97 Å². The van der Waals surface area contributed by atoms with Gasteiger partial charge in [-0.05, 0) is 39.7 Å². The minimum atomic E-state index is -0.517. The van der Waals surface area contributed by atoms with Gasteiger partial charge in [0.15, 0.2) is 6.61 Å². The van der Waals surface area contributed by atoms with Crippen LogP contribution < -0.4 is 4.74 Å². The molecule has 0 aliphatic carbocycles. The summed E-state index contributed by atoms with van der Waals surface area (Å²) in [5.74, 6) is -0.370. The number of fused-ring (bicyclic) bond motifs is 2. The monoisotopic (exact) mass is 370 g/mol. The summed E-state index contributed by atoms with van der Waals surface area (Å²) in [7, 11) is 1.50. The van der Waals surface area contributed by atoms with Crippen LogP contribution in [0.15, 0.2) is 78.9 Å². The highest BCUT2D eigenvalue weighted by atomic mass is 16.5. The van der Waals surface area contributed by atoms with Crippen molar-refractivity contribution in [1.82, 2.24) is 0 Å². The van der Waals surface area contributed by atoms with Crippen LogP contribution in [0.2, 0.25) is 0 Å². The van der Waals surface area contributed by atoms with Crippen LogP contribution in [0, 0.1) is 0 Å². The van der Waals surface area contributed by atoms with Gasteiger partial charge in [0.25, 0.3) is 0 Å². The third kappa shape index (κ3) is 3.21. The molecule has 0 saturated heterocycles. The largest absolute Gasteiger partial charge is 0.496 e. The van der Waals surface area contributed by atoms with Crippen molar-refractivity contribution in [3.63, 3.8) is 0 Å². The van der Waals surface area contributed by atoms with E-state index in [1.165, 1.54) is 7.11 Å². The smallest absolute Gasteiger partial charge is 0.339 e. The molecule has 0 aliphatic rings. The number of benzene rings is 4. The molecule has 0 aliphatic heterocycles. The summed E-state index contributed by atoms with van der Waals surface area (Å²) in [6, 6.07) is 24.2. The molecule has 0 fully saturated rings. The van der Waals surface area contributed by atoms with Crippen molar-refractivity contribution in [1.29, 1.82) is 0 Å². The number of hydrogen-bond acceptors (Lipinski definition) is 4. The van der Waals surface area contributed by atoms with Crippen LogP contribution in [-0.4, -0.2) is 25.5 Å². The number of carbonyl (C=O) groups is 2. The molecule has 0 radical (unpaired) electrons. The van der Waals surface area contributed by atoms with Gasteiger partial charge < -0.3 is 9.47 Å². The van der Waals surface area contributed by atoms with Crippen LogP contribution in [0.4, 0.5) is 0 Å². The average molecular weight is 370 g/mol. The van der Waals surface area contributed by atoms with Gasteiger partial charge in [0.1, 0.15) is 5.75 Å². The second-order valence-electron chi connectivity index (χ2n) is 6.39. The molecule has 4 rings (SSSR count). The molecule has 4 aromatic rings. The minimum absolute atomic E-state index is 0.310. The molecule has 0 unspecified atom stereocenters. The van der Waals surface area contributed by atoms with Gasteiger partial charge in [-0.25, -0.2) is 4.79 Å². The number of hydrogen-bond donors (Lipinski definition) is 0. The lowest BCUT2D eigenvalue weighted by atomic mass is 9.97. The Morgan fingerprint density at radius 2 is 1.36 bits per heavy atom. The summed E-state index contributed by atoms with van der Waals surface area (Å²) < 4.78 is 10.6. The molecule has 28 heavy (non-hydrogen) atoms. The Hall–Kier alpha value is -3.66. The van der Waals surface area contributed by atoms with E-state index in [9.17, 15) is 9.59 Å². The van der Waals surface area contributed by atoms with Crippen molar-refractivity contribution in [2.45, 2.75) is 0 Å². The Balaban J connectivity index is 1.68. The van der Waals surface area contributed by atoms with Gasteiger partial charge in [0, 0.05) is 0 Å². The summed E-state index contributed by atoms with van der Waals surface area (Å²) in [6.45, 7) is -0.350. The molecule has 0 N–H and O–H groups in total. The normalized spacial score (nSPS) is 10.8. The predicted molar refractivity (Wildman–Crippen MR) is 109 cm³/mol. The van der Waals surface area contributed by atoms with Crippen LogP contribution in [0.5, 0.6) is 5.75 Å². The van der Waals surface area contributed by atoms with Gasteiger partial charge in [-0.2, -0.15) is 0 Å². The number of ketones is 1. The first kappa shape index (κ1) is 17.7. The zero-order valence-electron chi connectivity index (χ0n) is 15.3. The van der Waals surface area contributed by atoms with E-state index in [-0.39, 0.29) is 12.4 Å². The van der Waals surface area contributed by atoms with Crippen LogP contribution in [0.1, 0.15) is 20.7 Å². The van der Waals surface area contributed by atoms with E-state index in [0.29, 0.717) is 16.9 Å². The number of methoxy groups -OCH3 is 1. The topological polar surface area (TPSA) is 52.6 Å². The Morgan fingerprint density at radius 1 is 0.786 bits per heavy atom. The van der Waals surface area contributed by atoms with Gasteiger partial charge in [-0.1, -0.05) is 60.7 Å². The lowest BCUT2D eigenvalue weighted by Crippen LogP contribution is -2.15. The molecule has 0 heterocycles. The Morgan fingerprint density at radius 3 is 2.00 bits per heavy atom. The first-order chi connectivity index (χ1) is 13.7. The molecule has 0 aromatic heterocycles. The molecule has 0 amide bonds. The van der Waals surface area contributed by atoms with Crippen molar-refractivity contribution >= 4 is 33.3 Å². The molecule has 4 aromatic carbocycles. The fraction of sp³-hybridized carbons (Fsp3) is 0.0833. The second-order valence-corrected chi connectivity index (χ2v) is 6.39. The van der Waals surface area contributed by atoms with Crippen LogP contribution in [0.3, 0.4) is 0 Å². The maximum atomic E-state index is 13.0. The summed E-state index contributed by atoms with van der Waals surface area (Å²) in [5, 5.41) is 3.50. The molecular formula is C24H18O4. The van der Waals surface area contributed by atoms with E-state index >= 15 is 0 Å². The Kier molecular flexibility index (Phi) is 4.77. The summed E-state index contributed by atoms with van der Waals surface area (Å²) in [6.07, 6.45) is 0. The van der Waals surface area contributed by atoms with Crippen molar-refractivity contribution in [3.05, 3.63) is 90.0 Å². The maximum absolute atomic E-state index is 13.0. The third-order valence-corrected chi connectivity index (χ3v) is 4.72. The highest BCUT2D eigenvalue weighted by Gasteiger charge is 2.19. The molecule has 0 atom stereocenters. The molecule has 0 spiro atoms. The van der Waals surface area contributed by atoms with Gasteiger partial charge in [-0.15, -0.1) is 0 Å². The fourth-order valence-electron chi connectivity index (χ4n) is 3.39. The van der Waals surface area contributed by atoms with Crippen molar-refractivity contribution in [3.8, 4) is 5.75 Å². The van der Waals surface area contributed by atoms with Crippen molar-refractivity contribution < 1.29 is 19.1 Å². The number of esters is 1. The molecular weight excluding hydrogens is 352 g/mol. The van der Waals surface area contributed by atoms with E-state index in [0.717, 1.165) is 21.5 Å². The highest BCUT2D eigenvalue weighted by molar-refractivity contribution is 6.17. The summed E-state index contributed by atoms with van der Waals surface area (Å²) in [5.41, 5.74) is 0.863. The van der Waals surface area contributed by atoms with Crippen LogP contribution >= 0.6 is 0 Å². The standard InChI is InChI=1S/C24H18O4/c1-27-22-13-7-6-12-20(22)21(25)15-28-24(26)23-18-10-4-2-8-16(18)14-17-9-3-5-11-19(17)23/h2-14H,15H2,1H3. The van der Waals surface area contributed by atoms with Crippen molar-refractivity contribution in [2.24, 2.45) is 0 Å². The van der Waals surface area contributed by atoms with E-state index in [1.54, 1.807) is 24.3 Å². The predicted octanol–water partition coefficient (Wildman–Crippen LogP) is 5.04. The number of ether oxygens (including phenoxy) is 2. The molecule has 138 valence electrons. The number of carbonyl (C=O) groups excluding carboxylic acids is 2. The Labute approximate surface area is 162 Å². The number of rotatable bonds is 5. The fourth-order valence-corrected chi connectivity index (χ4v) is 3.39. The van der Waals surface area contributed by atoms with Gasteiger partial charge in [0.05, 0.1) is 18.2 Å². The number of para-hydroxylation sites is 1. The SMILES string of the molecule is COc1ccccc1C(=O)COC(=O)c1c2ccccc2cc2ccccc12. The zero-order valence-corrected chi connectivity index (χ0v) is 15.3. The lowest BCUT2D eigenvalue weighted by molar-refractivity contribution is 0.0478. The summed E-state index contributed by atoms with van der Waals surface area (Å²) in [4.78, 5) is 25.5. The minimum Gasteiger partial charge on any atom is -0.496 e. The number of Topliss-reactive ketones (excluding diaryl/α,β-unsaturated/α-hetero) is 1. The van der Waals surface area contributed by atoms with Crippen molar-refractivity contribution in [2.75, 3.05) is 13.7 Å². The average Bonchev–Trinajstić information content (AvgIpc) is 2.75. The van der Waals surface area contributed by atoms with Gasteiger partial charge in [0.2, 0.25) is 5.78 Å². The second kappa shape index (κ2) is 7.53. The first-order valence-electron chi connectivity index (χ1n) is 8.93. The highest BCUT2D eigenvalue weighted by Crippen LogP contribution is 2.29. The van der Waals surface area contributed by atoms with E-state index in [2.05, 4.69) is 0 Å². The van der Waals surface area contributed by atoms with Gasteiger partial charge in [-0.3, -0.25) is 4.79 Å². The van der Waals surface area contributed by atoms with Gasteiger partial charge >= 0.3 is 5.97 Å². The lowest BCUT2D eigenvalue weighted by Gasteiger charge is -2.12. The molecule has 0 saturated carbocycles. The molecule has 4 heteroatoms. The quantitative estimate of drug-likeness (QED) is 0.280. The Bertz CT molecular complexity index is 1140. The van der Waals surface area contributed by atoms with Crippen LogP contribution in [0.25, 0.3) is 21.5 Å². The summed E-state index contributed by atoms with van der Waals surface area (Å²) >= 11 is 0. The van der Waals surface area contributed by atoms with E-state index in [4.69, 9.17) is 9.47 Å². The van der Waals surface area contributed by atoms with E-state index in [1.807, 2.05) is 54.6 Å². The molecule has 4 nitrogen and oxygen atoms in total. The third-order valence-electron chi connectivity index (χ3n) is 4.72.